The van der Waals surface area contributed by atoms with Gasteiger partial charge in [0.2, 0.25) is 11.8 Å². The normalized spacial score (nSPS) is 27.3. The summed E-state index contributed by atoms with van der Waals surface area (Å²) in [6, 6.07) is 4.67. The summed E-state index contributed by atoms with van der Waals surface area (Å²) in [5, 5.41) is 6.30. The molecule has 1 aromatic heterocycles. The first-order chi connectivity index (χ1) is 27.1. The van der Waals surface area contributed by atoms with E-state index in [1.165, 1.54) is 9.91 Å². The first-order valence-corrected chi connectivity index (χ1v) is 21.1. The second kappa shape index (κ2) is 17.3. The fourth-order valence-corrected chi connectivity index (χ4v) is 9.62. The van der Waals surface area contributed by atoms with E-state index in [1.807, 2.05) is 26.8 Å². The summed E-state index contributed by atoms with van der Waals surface area (Å²) in [7, 11) is 5.04. The van der Waals surface area contributed by atoms with E-state index in [0.717, 1.165) is 44.0 Å². The van der Waals surface area contributed by atoms with Crippen molar-refractivity contribution in [3.63, 3.8) is 0 Å². The molecule has 1 saturated carbocycles. The zero-order chi connectivity index (χ0) is 41.3. The summed E-state index contributed by atoms with van der Waals surface area (Å²) in [5.41, 5.74) is 8.50. The fraction of sp³-hybridized carbons (Fsp3) is 0.581. The standard InChI is InChI=1S/C43H59N7O6S/c1-11-27(37(44-12-2)25(5)55-10)38-29-21-43(6,7)23-56-42(54)30-15-14-18-50(47-30)40(52)31(46-39(51)35-24(4)36(35)41(53)48(8)9)20-34-45-32(22-57-34)26-16-17-33(28(29)19-26)49(38)13-3/h11-12,16-17,19,24-25,30-32,35-36,47H,1,13-15,18,20-23H2,2-10H3,(H,46,51)/b37-27+,44-12?/t24-,25+,30+,31+,32?,35-,36-/m1/s1. The van der Waals surface area contributed by atoms with Crippen molar-refractivity contribution in [1.29, 1.82) is 0 Å². The van der Waals surface area contributed by atoms with Crippen LogP contribution in [0.5, 0.6) is 0 Å². The number of carbonyl (C=O) groups excluding carboxylic acids is 4. The largest absolute Gasteiger partial charge is 0.464 e. The van der Waals surface area contributed by atoms with Gasteiger partial charge < -0.3 is 24.3 Å². The highest BCUT2D eigenvalue weighted by atomic mass is 32.2. The predicted octanol–water partition coefficient (Wildman–Crippen LogP) is 5.34. The highest BCUT2D eigenvalue weighted by Crippen LogP contribution is 2.47. The average Bonchev–Trinajstić information content (AvgIpc) is 3.49. The number of aliphatic imine (C=N–C) groups is 2. The summed E-state index contributed by atoms with van der Waals surface area (Å²) in [6.45, 7) is 17.6. The molecule has 6 rings (SSSR count). The van der Waals surface area contributed by atoms with Gasteiger partial charge in [-0.15, -0.1) is 11.8 Å². The number of amides is 3. The Morgan fingerprint density at radius 3 is 2.68 bits per heavy atom. The van der Waals surface area contributed by atoms with E-state index in [-0.39, 0.29) is 48.8 Å². The van der Waals surface area contributed by atoms with E-state index in [9.17, 15) is 19.2 Å². The minimum absolute atomic E-state index is 0.0998. The zero-order valence-corrected chi connectivity index (χ0v) is 35.7. The molecule has 3 amide bonds. The molecule has 3 aliphatic heterocycles. The number of nitrogens with one attached hydrogen (secondary N) is 2. The number of methoxy groups -OCH3 is 1. The van der Waals surface area contributed by atoms with Crippen molar-refractivity contribution in [3.8, 4) is 0 Å². The molecule has 0 spiro atoms. The average molecular weight is 802 g/mol. The fourth-order valence-electron chi connectivity index (χ4n) is 8.52. The van der Waals surface area contributed by atoms with E-state index in [0.29, 0.717) is 38.1 Å². The van der Waals surface area contributed by atoms with Crippen molar-refractivity contribution < 1.29 is 28.7 Å². The number of benzene rings is 1. The summed E-state index contributed by atoms with van der Waals surface area (Å²) in [6.07, 6.45) is 5.20. The molecule has 2 N–H and O–H groups in total. The van der Waals surface area contributed by atoms with Gasteiger partial charge in [0, 0.05) is 74.6 Å². The number of rotatable bonds is 9. The number of aryl methyl sites for hydroxylation is 1. The van der Waals surface area contributed by atoms with Crippen molar-refractivity contribution in [2.75, 3.05) is 40.1 Å². The van der Waals surface area contributed by atoms with Crippen molar-refractivity contribution in [1.82, 2.24) is 25.2 Å². The third-order valence-electron chi connectivity index (χ3n) is 11.7. The maximum atomic E-state index is 14.3. The molecule has 13 nitrogen and oxygen atoms in total. The number of cyclic esters (lactones) is 1. The molecule has 1 saturated heterocycles. The zero-order valence-electron chi connectivity index (χ0n) is 34.9. The van der Waals surface area contributed by atoms with Gasteiger partial charge in [-0.1, -0.05) is 39.5 Å². The molecule has 57 heavy (non-hydrogen) atoms. The lowest BCUT2D eigenvalue weighted by Gasteiger charge is -2.35. The van der Waals surface area contributed by atoms with Gasteiger partial charge >= 0.3 is 5.97 Å². The first-order valence-electron chi connectivity index (χ1n) is 20.1. The highest BCUT2D eigenvalue weighted by Gasteiger charge is 2.57. The Kier molecular flexibility index (Phi) is 12.8. The van der Waals surface area contributed by atoms with E-state index in [1.54, 1.807) is 39.2 Å². The lowest BCUT2D eigenvalue weighted by atomic mass is 9.84. The Morgan fingerprint density at radius 1 is 1.26 bits per heavy atom. The van der Waals surface area contributed by atoms with E-state index in [2.05, 4.69) is 60.9 Å². The number of ether oxygens (including phenoxy) is 2. The molecule has 4 aliphatic rings. The molecular weight excluding hydrogens is 743 g/mol. The van der Waals surface area contributed by atoms with E-state index >= 15 is 0 Å². The van der Waals surface area contributed by atoms with E-state index in [4.69, 9.17) is 19.5 Å². The molecule has 14 heteroatoms. The molecule has 1 aromatic carbocycles. The number of hydrogen-bond donors (Lipinski definition) is 2. The van der Waals surface area contributed by atoms with Crippen LogP contribution in [0.1, 0.15) is 83.7 Å². The molecule has 7 atom stereocenters. The Hall–Kier alpha value is -4.27. The van der Waals surface area contributed by atoms with Gasteiger partial charge in [0.25, 0.3) is 5.91 Å². The second-order valence-corrected chi connectivity index (χ2v) is 17.7. The Balaban J connectivity index is 1.45. The lowest BCUT2D eigenvalue weighted by Crippen LogP contribution is -2.60. The quantitative estimate of drug-likeness (QED) is 0.197. The molecular formula is C43H59N7O6S. The second-order valence-electron chi connectivity index (χ2n) is 16.6. The molecule has 308 valence electrons. The maximum Gasteiger partial charge on any atom is 0.324 e. The number of hydrogen-bond acceptors (Lipinski definition) is 10. The third kappa shape index (κ3) is 8.63. The van der Waals surface area contributed by atoms with Crippen LogP contribution in [0.15, 0.2) is 46.5 Å². The van der Waals surface area contributed by atoms with E-state index < -0.39 is 35.3 Å². The van der Waals surface area contributed by atoms with Gasteiger partial charge in [0.15, 0.2) is 0 Å². The SMILES string of the molecule is C=C/C(=C(\N=CC)[C@H](C)OC)c1c2c3cc(ccc3n1CC)C1CSC(=N1)C[C@H](NC(=O)[C@@H]1[C@@H](C)[C@H]1C(=O)N(C)C)C(=O)N1CCC[C@H](N1)C(=O)OCC(C)(C)C2. The summed E-state index contributed by atoms with van der Waals surface area (Å²) >= 11 is 1.59. The summed E-state index contributed by atoms with van der Waals surface area (Å²) in [5.74, 6) is -1.61. The first kappa shape index (κ1) is 42.3. The van der Waals surface area contributed by atoms with Crippen LogP contribution < -0.4 is 10.7 Å². The lowest BCUT2D eigenvalue weighted by molar-refractivity contribution is -0.155. The van der Waals surface area contributed by atoms with Gasteiger partial charge in [0.05, 0.1) is 47.0 Å². The molecule has 0 radical (unpaired) electrons. The predicted molar refractivity (Wildman–Crippen MR) is 226 cm³/mol. The topological polar surface area (TPSA) is 147 Å². The van der Waals surface area contributed by atoms with Crippen LogP contribution >= 0.6 is 11.8 Å². The molecule has 6 bridgehead atoms. The molecule has 1 aliphatic carbocycles. The number of hydrazine groups is 1. The van der Waals surface area contributed by atoms with Crippen LogP contribution in [-0.2, 0) is 41.6 Å². The van der Waals surface area contributed by atoms with Crippen LogP contribution in [0.2, 0.25) is 0 Å². The van der Waals surface area contributed by atoms with Crippen LogP contribution in [0.3, 0.4) is 0 Å². The summed E-state index contributed by atoms with van der Waals surface area (Å²) in [4.78, 5) is 66.0. The van der Waals surface area contributed by atoms with Crippen molar-refractivity contribution in [2.24, 2.45) is 33.2 Å². The van der Waals surface area contributed by atoms with Gasteiger partial charge in [-0.25, -0.2) is 5.43 Å². The number of carbonyl (C=O) groups is 4. The monoisotopic (exact) mass is 801 g/mol. The van der Waals surface area contributed by atoms with Crippen molar-refractivity contribution >= 4 is 63.2 Å². The van der Waals surface area contributed by atoms with Gasteiger partial charge in [0.1, 0.15) is 12.1 Å². The van der Waals surface area contributed by atoms with Crippen LogP contribution in [0, 0.1) is 23.2 Å². The Bertz CT molecular complexity index is 2020. The Labute approximate surface area is 340 Å². The van der Waals surface area contributed by atoms with Gasteiger partial charge in [-0.3, -0.25) is 34.2 Å². The van der Waals surface area contributed by atoms with Crippen LogP contribution in [0.25, 0.3) is 16.5 Å². The van der Waals surface area contributed by atoms with Crippen molar-refractivity contribution in [2.45, 2.75) is 98.0 Å². The number of aromatic nitrogens is 1. The molecule has 1 unspecified atom stereocenters. The van der Waals surface area contributed by atoms with Crippen LogP contribution in [0.4, 0.5) is 0 Å². The number of esters is 1. The molecule has 2 aromatic rings. The summed E-state index contributed by atoms with van der Waals surface area (Å²) < 4.78 is 14.2. The van der Waals surface area contributed by atoms with Gasteiger partial charge in [-0.2, -0.15) is 0 Å². The van der Waals surface area contributed by atoms with Crippen molar-refractivity contribution in [3.05, 3.63) is 53.4 Å². The number of fused-ring (bicyclic) bond motifs is 5. The Morgan fingerprint density at radius 2 is 2.02 bits per heavy atom. The molecule has 4 heterocycles. The number of allylic oxidation sites excluding steroid dienone is 2. The number of thioether (sulfide) groups is 1. The third-order valence-corrected chi connectivity index (χ3v) is 12.8. The number of nitrogens with zero attached hydrogens (tertiary/aromatic N) is 5. The van der Waals surface area contributed by atoms with Crippen LogP contribution in [-0.4, -0.2) is 108 Å². The van der Waals surface area contributed by atoms with Gasteiger partial charge in [-0.05, 0) is 69.2 Å². The minimum atomic E-state index is -0.945. The smallest absolute Gasteiger partial charge is 0.324 e. The highest BCUT2D eigenvalue weighted by molar-refractivity contribution is 8.14. The minimum Gasteiger partial charge on any atom is -0.464 e. The maximum absolute atomic E-state index is 14.3. The molecule has 2 fully saturated rings.